The van der Waals surface area contributed by atoms with Gasteiger partial charge in [0.2, 0.25) is 5.91 Å². The Balaban J connectivity index is 0.00000162. The number of nitrogens with zero attached hydrogens (tertiary/aromatic N) is 1. The van der Waals surface area contributed by atoms with Gasteiger partial charge in [0.1, 0.15) is 11.6 Å². The molecule has 4 nitrogen and oxygen atoms in total. The van der Waals surface area contributed by atoms with Crippen LogP contribution in [0.2, 0.25) is 0 Å². The molecule has 1 amide bonds. The Bertz CT molecular complexity index is 383. The Morgan fingerprint density at radius 2 is 2.05 bits per heavy atom. The molecule has 0 atom stereocenters. The van der Waals surface area contributed by atoms with Crippen molar-refractivity contribution in [3.63, 3.8) is 0 Å². The first-order chi connectivity index (χ1) is 8.24. The zero-order valence-electron chi connectivity index (χ0n) is 10.4. The summed E-state index contributed by atoms with van der Waals surface area (Å²) in [5.74, 6) is 0.402. The minimum Gasteiger partial charge on any atom is -0.317 e. The van der Waals surface area contributed by atoms with Gasteiger partial charge in [0.05, 0.1) is 6.20 Å². The first kappa shape index (κ1) is 18.1. The molecule has 1 aliphatic heterocycles. The van der Waals surface area contributed by atoms with Gasteiger partial charge < -0.3 is 10.6 Å². The summed E-state index contributed by atoms with van der Waals surface area (Å²) in [5.41, 5.74) is 0. The van der Waals surface area contributed by atoms with Gasteiger partial charge >= 0.3 is 0 Å². The van der Waals surface area contributed by atoms with Gasteiger partial charge in [-0.15, -0.1) is 24.8 Å². The SMILES string of the molecule is Cl.Cl.O=C(CC1CCNCC1)Nc1ccc(F)cn1. The van der Waals surface area contributed by atoms with Crippen LogP contribution in [0, 0.1) is 11.7 Å². The van der Waals surface area contributed by atoms with Crippen LogP contribution in [-0.2, 0) is 4.79 Å². The maximum absolute atomic E-state index is 12.6. The molecule has 7 heteroatoms. The van der Waals surface area contributed by atoms with Crippen LogP contribution in [0.4, 0.5) is 10.2 Å². The molecule has 0 aromatic carbocycles. The predicted octanol–water partition coefficient (Wildman–Crippen LogP) is 2.39. The van der Waals surface area contributed by atoms with Crippen molar-refractivity contribution in [3.8, 4) is 0 Å². The van der Waals surface area contributed by atoms with Gasteiger partial charge in [-0.2, -0.15) is 0 Å². The van der Waals surface area contributed by atoms with Crippen LogP contribution < -0.4 is 10.6 Å². The number of carbonyl (C=O) groups is 1. The van der Waals surface area contributed by atoms with Crippen molar-refractivity contribution in [2.75, 3.05) is 18.4 Å². The van der Waals surface area contributed by atoms with Crippen LogP contribution in [0.1, 0.15) is 19.3 Å². The largest absolute Gasteiger partial charge is 0.317 e. The van der Waals surface area contributed by atoms with Gasteiger partial charge in [0, 0.05) is 6.42 Å². The summed E-state index contributed by atoms with van der Waals surface area (Å²) in [6.45, 7) is 1.96. The highest BCUT2D eigenvalue weighted by Crippen LogP contribution is 2.16. The van der Waals surface area contributed by atoms with E-state index in [4.69, 9.17) is 0 Å². The quantitative estimate of drug-likeness (QED) is 0.901. The van der Waals surface area contributed by atoms with Crippen LogP contribution in [0.5, 0.6) is 0 Å². The number of nitrogens with one attached hydrogen (secondary N) is 2. The van der Waals surface area contributed by atoms with Crippen LogP contribution in [0.25, 0.3) is 0 Å². The number of hydrogen-bond donors (Lipinski definition) is 2. The lowest BCUT2D eigenvalue weighted by molar-refractivity contribution is -0.117. The van der Waals surface area contributed by atoms with Crippen LogP contribution in [0.15, 0.2) is 18.3 Å². The van der Waals surface area contributed by atoms with E-state index in [2.05, 4.69) is 15.6 Å². The van der Waals surface area contributed by atoms with Gasteiger partial charge in [-0.3, -0.25) is 4.79 Å². The third-order valence-corrected chi connectivity index (χ3v) is 2.93. The first-order valence-corrected chi connectivity index (χ1v) is 5.86. The fourth-order valence-corrected chi connectivity index (χ4v) is 1.99. The fraction of sp³-hybridized carbons (Fsp3) is 0.500. The molecule has 1 aromatic heterocycles. The molecule has 1 saturated heterocycles. The average molecular weight is 310 g/mol. The summed E-state index contributed by atoms with van der Waals surface area (Å²) in [6, 6.07) is 2.75. The highest BCUT2D eigenvalue weighted by molar-refractivity contribution is 5.89. The first-order valence-electron chi connectivity index (χ1n) is 5.86. The second kappa shape index (κ2) is 9.07. The average Bonchev–Trinajstić information content (AvgIpc) is 2.33. The van der Waals surface area contributed by atoms with Crippen molar-refractivity contribution in [1.29, 1.82) is 0 Å². The summed E-state index contributed by atoms with van der Waals surface area (Å²) < 4.78 is 12.6. The van der Waals surface area contributed by atoms with E-state index in [0.29, 0.717) is 18.2 Å². The molecule has 108 valence electrons. The molecule has 2 heterocycles. The lowest BCUT2D eigenvalue weighted by Gasteiger charge is -2.21. The van der Waals surface area contributed by atoms with E-state index in [1.54, 1.807) is 0 Å². The third-order valence-electron chi connectivity index (χ3n) is 2.93. The van der Waals surface area contributed by atoms with Crippen molar-refractivity contribution in [2.45, 2.75) is 19.3 Å². The Kier molecular flexibility index (Phi) is 8.63. The van der Waals surface area contributed by atoms with Crippen molar-refractivity contribution in [3.05, 3.63) is 24.1 Å². The number of amides is 1. The second-order valence-electron chi connectivity index (χ2n) is 4.31. The molecule has 2 rings (SSSR count). The number of aromatic nitrogens is 1. The molecule has 0 saturated carbocycles. The Morgan fingerprint density at radius 3 is 2.63 bits per heavy atom. The van der Waals surface area contributed by atoms with Crippen LogP contribution in [0.3, 0.4) is 0 Å². The van der Waals surface area contributed by atoms with Crippen molar-refractivity contribution < 1.29 is 9.18 Å². The monoisotopic (exact) mass is 309 g/mol. The van der Waals surface area contributed by atoms with Crippen molar-refractivity contribution >= 4 is 36.5 Å². The molecule has 1 fully saturated rings. The van der Waals surface area contributed by atoms with Gasteiger partial charge in [0.15, 0.2) is 0 Å². The highest BCUT2D eigenvalue weighted by atomic mass is 35.5. The number of carbonyl (C=O) groups excluding carboxylic acids is 1. The van der Waals surface area contributed by atoms with Gasteiger partial charge in [-0.25, -0.2) is 9.37 Å². The van der Waals surface area contributed by atoms with E-state index in [1.807, 2.05) is 0 Å². The summed E-state index contributed by atoms with van der Waals surface area (Å²) in [4.78, 5) is 15.5. The summed E-state index contributed by atoms with van der Waals surface area (Å²) in [7, 11) is 0. The molecule has 1 aliphatic rings. The van der Waals surface area contributed by atoms with E-state index in [0.717, 1.165) is 32.1 Å². The molecule has 0 unspecified atom stereocenters. The summed E-state index contributed by atoms with van der Waals surface area (Å²) in [6.07, 6.45) is 3.68. The molecule has 0 aliphatic carbocycles. The van der Waals surface area contributed by atoms with Gasteiger partial charge in [-0.1, -0.05) is 0 Å². The molecular weight excluding hydrogens is 292 g/mol. The summed E-state index contributed by atoms with van der Waals surface area (Å²) in [5, 5.41) is 5.94. The Morgan fingerprint density at radius 1 is 1.37 bits per heavy atom. The second-order valence-corrected chi connectivity index (χ2v) is 4.31. The molecule has 19 heavy (non-hydrogen) atoms. The van der Waals surface area contributed by atoms with Crippen molar-refractivity contribution in [2.24, 2.45) is 5.92 Å². The fourth-order valence-electron chi connectivity index (χ4n) is 1.99. The van der Waals surface area contributed by atoms with E-state index in [9.17, 15) is 9.18 Å². The molecule has 0 bridgehead atoms. The normalized spacial score (nSPS) is 15.0. The maximum atomic E-state index is 12.6. The molecule has 0 radical (unpaired) electrons. The standard InChI is InChI=1S/C12H16FN3O.2ClH/c13-10-1-2-11(15-8-10)16-12(17)7-9-3-5-14-6-4-9;;/h1-2,8-9,14H,3-7H2,(H,15,16,17);2*1H. The minimum absolute atomic E-state index is 0. The lowest BCUT2D eigenvalue weighted by Crippen LogP contribution is -2.30. The highest BCUT2D eigenvalue weighted by Gasteiger charge is 2.16. The van der Waals surface area contributed by atoms with E-state index in [-0.39, 0.29) is 30.7 Å². The number of piperidine rings is 1. The van der Waals surface area contributed by atoms with Gasteiger partial charge in [-0.05, 0) is 44.0 Å². The van der Waals surface area contributed by atoms with Crippen molar-refractivity contribution in [1.82, 2.24) is 10.3 Å². The Labute approximate surface area is 124 Å². The molecule has 0 spiro atoms. The van der Waals surface area contributed by atoms with Crippen LogP contribution >= 0.6 is 24.8 Å². The topological polar surface area (TPSA) is 54.0 Å². The zero-order chi connectivity index (χ0) is 12.1. The van der Waals surface area contributed by atoms with Crippen LogP contribution in [-0.4, -0.2) is 24.0 Å². The summed E-state index contributed by atoms with van der Waals surface area (Å²) >= 11 is 0. The maximum Gasteiger partial charge on any atom is 0.225 e. The predicted molar refractivity (Wildman–Crippen MR) is 77.5 cm³/mol. The molecule has 1 aromatic rings. The number of halogens is 3. The number of pyridine rings is 1. The van der Waals surface area contributed by atoms with E-state index in [1.165, 1.54) is 12.1 Å². The zero-order valence-corrected chi connectivity index (χ0v) is 12.0. The Hall–Kier alpha value is -0.910. The van der Waals surface area contributed by atoms with E-state index >= 15 is 0 Å². The minimum atomic E-state index is -0.402. The third kappa shape index (κ3) is 6.18. The van der Waals surface area contributed by atoms with Gasteiger partial charge in [0.25, 0.3) is 0 Å². The number of hydrogen-bond acceptors (Lipinski definition) is 3. The molecule has 2 N–H and O–H groups in total. The lowest BCUT2D eigenvalue weighted by atomic mass is 9.94. The molecular formula is C12H18Cl2FN3O. The smallest absolute Gasteiger partial charge is 0.225 e. The van der Waals surface area contributed by atoms with E-state index < -0.39 is 5.82 Å². The number of rotatable bonds is 3. The number of anilines is 1.